The number of rotatable bonds is 11. The summed E-state index contributed by atoms with van der Waals surface area (Å²) >= 11 is 0. The van der Waals surface area contributed by atoms with Crippen LogP contribution in [0.4, 0.5) is 4.39 Å². The van der Waals surface area contributed by atoms with E-state index in [2.05, 4.69) is 74.9 Å². The molecule has 32 heavy (non-hydrogen) atoms. The molecular weight excluding hydrogens is 395 g/mol. The molecule has 1 atom stereocenters. The van der Waals surface area contributed by atoms with E-state index in [-0.39, 0.29) is 11.7 Å². The van der Waals surface area contributed by atoms with E-state index in [0.29, 0.717) is 0 Å². The van der Waals surface area contributed by atoms with Crippen LogP contribution in [0.2, 0.25) is 0 Å². The second-order valence-electron chi connectivity index (χ2n) is 8.36. The number of halogens is 1. The zero-order valence-electron chi connectivity index (χ0n) is 20.2. The smallest absolute Gasteiger partial charge is 0.123 e. The third kappa shape index (κ3) is 7.33. The van der Waals surface area contributed by atoms with Crippen molar-refractivity contribution in [1.29, 1.82) is 0 Å². The van der Waals surface area contributed by atoms with E-state index in [1.165, 1.54) is 22.9 Å². The van der Waals surface area contributed by atoms with E-state index in [1.54, 1.807) is 19.2 Å². The summed E-state index contributed by atoms with van der Waals surface area (Å²) in [7, 11) is 1.77. The van der Waals surface area contributed by atoms with Crippen LogP contribution in [0.5, 0.6) is 0 Å². The topological polar surface area (TPSA) is 24.4 Å². The molecule has 0 bridgehead atoms. The molecule has 0 spiro atoms. The van der Waals surface area contributed by atoms with Gasteiger partial charge in [-0.3, -0.25) is 4.99 Å². The minimum atomic E-state index is -0.231. The zero-order chi connectivity index (χ0) is 23.5. The number of nitrogens with zero attached hydrogens (tertiary/aromatic N) is 1. The van der Waals surface area contributed by atoms with Crippen LogP contribution in [-0.2, 0) is 6.42 Å². The van der Waals surface area contributed by atoms with E-state index in [0.717, 1.165) is 48.1 Å². The summed E-state index contributed by atoms with van der Waals surface area (Å²) in [6, 6.07) is 17.4. The molecule has 2 nitrogen and oxygen atoms in total. The highest BCUT2D eigenvalue weighted by Gasteiger charge is 2.20. The molecule has 0 saturated heterocycles. The number of nitrogens with one attached hydrogen (secondary N) is 1. The summed E-state index contributed by atoms with van der Waals surface area (Å²) in [4.78, 5) is 4.32. The van der Waals surface area contributed by atoms with Gasteiger partial charge in [0.1, 0.15) is 5.82 Å². The Balaban J connectivity index is 2.56. The molecule has 0 aliphatic carbocycles. The van der Waals surface area contributed by atoms with Crippen LogP contribution >= 0.6 is 0 Å². The average Bonchev–Trinajstić information content (AvgIpc) is 2.77. The standard InChI is InChI=1S/C29H37FN2/c1-7-22(5)29(25(17-21(3)4)18-23-13-10-9-11-14-23)32-28(20-31-6)27(8-2)24-15-12-16-26(30)19-24/h9-16,19-20,25,32H,3,7-8,17-18H2,1-2,4-6H3/b28-27+,29-22-,31-20?/t25-/m0/s1. The van der Waals surface area contributed by atoms with Gasteiger partial charge in [0.15, 0.2) is 0 Å². The summed E-state index contributed by atoms with van der Waals surface area (Å²) in [5.74, 6) is 0.0340. The van der Waals surface area contributed by atoms with Crippen molar-refractivity contribution >= 4 is 11.8 Å². The number of hydrogen-bond acceptors (Lipinski definition) is 2. The van der Waals surface area contributed by atoms with Gasteiger partial charge in [0, 0.05) is 24.9 Å². The van der Waals surface area contributed by atoms with Crippen LogP contribution in [0.3, 0.4) is 0 Å². The molecule has 0 aliphatic heterocycles. The minimum Gasteiger partial charge on any atom is -0.357 e. The minimum absolute atomic E-state index is 0.231. The van der Waals surface area contributed by atoms with Gasteiger partial charge in [0.25, 0.3) is 0 Å². The lowest BCUT2D eigenvalue weighted by atomic mass is 9.87. The summed E-state index contributed by atoms with van der Waals surface area (Å²) in [5, 5.41) is 3.75. The lowest BCUT2D eigenvalue weighted by Gasteiger charge is -2.26. The number of allylic oxidation sites excluding steroid dienone is 5. The van der Waals surface area contributed by atoms with Crippen LogP contribution < -0.4 is 5.32 Å². The fraction of sp³-hybridized carbons (Fsp3) is 0.345. The summed E-state index contributed by atoms with van der Waals surface area (Å²) in [6.45, 7) is 12.8. The molecule has 2 aromatic carbocycles. The average molecular weight is 433 g/mol. The van der Waals surface area contributed by atoms with Crippen molar-refractivity contribution in [1.82, 2.24) is 5.32 Å². The Morgan fingerprint density at radius 2 is 1.78 bits per heavy atom. The SMILES string of the molecule is C=C(C)C[C@@H](Cc1ccccc1)/C(N/C(C=NC)=C(\CC)c1cccc(F)c1)=C(\C)CC. The molecule has 0 fully saturated rings. The number of benzene rings is 2. The first-order valence-electron chi connectivity index (χ1n) is 11.5. The van der Waals surface area contributed by atoms with Crippen LogP contribution in [0.1, 0.15) is 58.1 Å². The lowest BCUT2D eigenvalue weighted by Crippen LogP contribution is -2.25. The van der Waals surface area contributed by atoms with E-state index in [4.69, 9.17) is 0 Å². The van der Waals surface area contributed by atoms with E-state index < -0.39 is 0 Å². The third-order valence-corrected chi connectivity index (χ3v) is 5.70. The van der Waals surface area contributed by atoms with Gasteiger partial charge in [-0.05, 0) is 68.4 Å². The zero-order valence-corrected chi connectivity index (χ0v) is 20.2. The van der Waals surface area contributed by atoms with Crippen LogP contribution in [-0.4, -0.2) is 13.3 Å². The molecule has 0 saturated carbocycles. The molecule has 3 heteroatoms. The van der Waals surface area contributed by atoms with Gasteiger partial charge in [0.05, 0.1) is 5.70 Å². The first-order valence-corrected chi connectivity index (χ1v) is 11.5. The van der Waals surface area contributed by atoms with Crippen molar-refractivity contribution in [2.24, 2.45) is 10.9 Å². The van der Waals surface area contributed by atoms with Gasteiger partial charge >= 0.3 is 0 Å². The van der Waals surface area contributed by atoms with Crippen LogP contribution in [0.25, 0.3) is 5.57 Å². The predicted molar refractivity (Wildman–Crippen MR) is 137 cm³/mol. The van der Waals surface area contributed by atoms with Crippen molar-refractivity contribution < 1.29 is 4.39 Å². The fourth-order valence-electron chi connectivity index (χ4n) is 4.03. The second kappa shape index (κ2) is 12.8. The fourth-order valence-corrected chi connectivity index (χ4v) is 4.03. The Morgan fingerprint density at radius 3 is 2.34 bits per heavy atom. The van der Waals surface area contributed by atoms with Crippen molar-refractivity contribution in [3.63, 3.8) is 0 Å². The van der Waals surface area contributed by atoms with E-state index in [9.17, 15) is 4.39 Å². The maximum Gasteiger partial charge on any atom is 0.123 e. The van der Waals surface area contributed by atoms with Gasteiger partial charge < -0.3 is 5.32 Å². The molecule has 2 aromatic rings. The maximum atomic E-state index is 14.0. The summed E-state index contributed by atoms with van der Waals surface area (Å²) in [5.41, 5.74) is 7.82. The van der Waals surface area contributed by atoms with Gasteiger partial charge in [-0.25, -0.2) is 4.39 Å². The maximum absolute atomic E-state index is 14.0. The molecular formula is C29H37FN2. The number of hydrogen-bond donors (Lipinski definition) is 1. The molecule has 0 aromatic heterocycles. The quantitative estimate of drug-likeness (QED) is 0.285. The monoisotopic (exact) mass is 432 g/mol. The Kier molecular flexibility index (Phi) is 10.1. The van der Waals surface area contributed by atoms with Crippen molar-refractivity contribution in [2.45, 2.75) is 53.4 Å². The molecule has 1 N–H and O–H groups in total. The van der Waals surface area contributed by atoms with Gasteiger partial charge in [0.2, 0.25) is 0 Å². The highest BCUT2D eigenvalue weighted by atomic mass is 19.1. The summed E-state index contributed by atoms with van der Waals surface area (Å²) in [6.07, 6.45) is 5.38. The molecule has 2 rings (SSSR count). The number of aliphatic imine (C=N–C) groups is 1. The highest BCUT2D eigenvalue weighted by molar-refractivity contribution is 5.90. The molecule has 0 amide bonds. The molecule has 170 valence electrons. The van der Waals surface area contributed by atoms with Crippen molar-refractivity contribution in [3.8, 4) is 0 Å². The summed E-state index contributed by atoms with van der Waals surface area (Å²) < 4.78 is 14.0. The Labute approximate surface area is 193 Å². The second-order valence-corrected chi connectivity index (χ2v) is 8.36. The van der Waals surface area contributed by atoms with Crippen LogP contribution in [0, 0.1) is 11.7 Å². The Bertz CT molecular complexity index is 983. The highest BCUT2D eigenvalue weighted by Crippen LogP contribution is 2.29. The van der Waals surface area contributed by atoms with Gasteiger partial charge in [-0.15, -0.1) is 6.58 Å². The Hall–Kier alpha value is -2.94. The molecule has 0 heterocycles. The molecule has 0 unspecified atom stereocenters. The predicted octanol–water partition coefficient (Wildman–Crippen LogP) is 7.75. The van der Waals surface area contributed by atoms with Gasteiger partial charge in [-0.1, -0.05) is 67.5 Å². The molecule has 0 radical (unpaired) electrons. The van der Waals surface area contributed by atoms with Crippen LogP contribution in [0.15, 0.2) is 88.7 Å². The molecule has 0 aliphatic rings. The third-order valence-electron chi connectivity index (χ3n) is 5.70. The normalized spacial score (nSPS) is 14.1. The van der Waals surface area contributed by atoms with Crippen molar-refractivity contribution in [3.05, 3.63) is 101 Å². The van der Waals surface area contributed by atoms with E-state index in [1.807, 2.05) is 12.3 Å². The van der Waals surface area contributed by atoms with Gasteiger partial charge in [-0.2, -0.15) is 0 Å². The first kappa shape index (κ1) is 25.3. The lowest BCUT2D eigenvalue weighted by molar-refractivity contribution is 0.563. The van der Waals surface area contributed by atoms with E-state index >= 15 is 0 Å². The first-order chi connectivity index (χ1) is 15.4. The van der Waals surface area contributed by atoms with Crippen molar-refractivity contribution in [2.75, 3.05) is 7.05 Å². The largest absolute Gasteiger partial charge is 0.357 e. The Morgan fingerprint density at radius 1 is 1.06 bits per heavy atom.